The van der Waals surface area contributed by atoms with E-state index < -0.39 is 11.4 Å². The first-order chi connectivity index (χ1) is 15.6. The highest BCUT2D eigenvalue weighted by Gasteiger charge is 2.18. The van der Waals surface area contributed by atoms with Gasteiger partial charge in [0.15, 0.2) is 16.7 Å². The number of para-hydroxylation sites is 2. The maximum absolute atomic E-state index is 14.5. The lowest BCUT2D eigenvalue weighted by Crippen LogP contribution is -2.23. The number of benzene rings is 3. The Kier molecular flexibility index (Phi) is 5.24. The standard InChI is InChI=1S/C23H16FN3O4S/c24-16-6-2-4-8-18(16)27-22(29)15-5-1-3-7-17(15)26-23(27)32-12-21(28)25-14-9-10-19-20(11-14)31-13-30-19/h1-11H,12-13H2,(H,25,28). The van der Waals surface area contributed by atoms with Crippen LogP contribution in [0.4, 0.5) is 10.1 Å². The van der Waals surface area contributed by atoms with Crippen molar-refractivity contribution in [3.63, 3.8) is 0 Å². The van der Waals surface area contributed by atoms with Gasteiger partial charge in [-0.15, -0.1) is 0 Å². The molecule has 0 fully saturated rings. The monoisotopic (exact) mass is 449 g/mol. The van der Waals surface area contributed by atoms with Gasteiger partial charge in [0.25, 0.3) is 5.56 Å². The number of hydrogen-bond donors (Lipinski definition) is 1. The number of thioether (sulfide) groups is 1. The summed E-state index contributed by atoms with van der Waals surface area (Å²) in [4.78, 5) is 30.2. The number of rotatable bonds is 5. The average molecular weight is 449 g/mol. The van der Waals surface area contributed by atoms with Crippen molar-refractivity contribution in [2.75, 3.05) is 17.9 Å². The van der Waals surface area contributed by atoms with Gasteiger partial charge in [0, 0.05) is 11.8 Å². The molecule has 1 aliphatic heterocycles. The van der Waals surface area contributed by atoms with E-state index in [2.05, 4.69) is 10.3 Å². The third-order valence-corrected chi connectivity index (χ3v) is 5.77. The molecule has 0 spiro atoms. The van der Waals surface area contributed by atoms with Crippen molar-refractivity contribution in [3.05, 3.63) is 82.9 Å². The normalized spacial score (nSPS) is 12.2. The highest BCUT2D eigenvalue weighted by atomic mass is 32.2. The molecule has 1 aromatic heterocycles. The van der Waals surface area contributed by atoms with Gasteiger partial charge in [-0.1, -0.05) is 36.0 Å². The average Bonchev–Trinajstić information content (AvgIpc) is 3.27. The van der Waals surface area contributed by atoms with Gasteiger partial charge in [-0.25, -0.2) is 9.37 Å². The quantitative estimate of drug-likeness (QED) is 0.367. The molecule has 5 rings (SSSR count). The van der Waals surface area contributed by atoms with E-state index in [0.717, 1.165) is 11.8 Å². The van der Waals surface area contributed by atoms with Crippen LogP contribution >= 0.6 is 11.8 Å². The molecule has 2 heterocycles. The highest BCUT2D eigenvalue weighted by molar-refractivity contribution is 7.99. The summed E-state index contributed by atoms with van der Waals surface area (Å²) in [5.74, 6) is 0.273. The molecule has 0 saturated heterocycles. The number of nitrogens with one attached hydrogen (secondary N) is 1. The fourth-order valence-electron chi connectivity index (χ4n) is 3.36. The lowest BCUT2D eigenvalue weighted by Gasteiger charge is -2.14. The summed E-state index contributed by atoms with van der Waals surface area (Å²) in [6.45, 7) is 0.143. The zero-order chi connectivity index (χ0) is 22.1. The van der Waals surface area contributed by atoms with Crippen LogP contribution in [0.3, 0.4) is 0 Å². The van der Waals surface area contributed by atoms with E-state index in [1.807, 2.05) is 0 Å². The molecule has 160 valence electrons. The smallest absolute Gasteiger partial charge is 0.266 e. The maximum Gasteiger partial charge on any atom is 0.266 e. The second-order valence-corrected chi connectivity index (χ2v) is 7.85. The van der Waals surface area contributed by atoms with Crippen LogP contribution in [-0.2, 0) is 4.79 Å². The molecule has 3 aromatic carbocycles. The van der Waals surface area contributed by atoms with E-state index in [9.17, 15) is 14.0 Å². The molecule has 0 aliphatic carbocycles. The second kappa shape index (κ2) is 8.35. The number of halogens is 1. The fraction of sp³-hybridized carbons (Fsp3) is 0.0870. The van der Waals surface area contributed by atoms with Gasteiger partial charge in [0.2, 0.25) is 12.7 Å². The largest absolute Gasteiger partial charge is 0.454 e. The fourth-order valence-corrected chi connectivity index (χ4v) is 4.16. The third kappa shape index (κ3) is 3.78. The molecular weight excluding hydrogens is 433 g/mol. The Hall–Kier alpha value is -3.85. The minimum Gasteiger partial charge on any atom is -0.454 e. The summed E-state index contributed by atoms with van der Waals surface area (Å²) >= 11 is 1.05. The van der Waals surface area contributed by atoms with Crippen molar-refractivity contribution in [2.45, 2.75) is 5.16 Å². The van der Waals surface area contributed by atoms with Gasteiger partial charge < -0.3 is 14.8 Å². The van der Waals surface area contributed by atoms with Gasteiger partial charge in [-0.3, -0.25) is 14.2 Å². The predicted molar refractivity (Wildman–Crippen MR) is 119 cm³/mol. The predicted octanol–water partition coefficient (Wildman–Crippen LogP) is 3.98. The number of nitrogens with zero attached hydrogens (tertiary/aromatic N) is 2. The van der Waals surface area contributed by atoms with E-state index in [4.69, 9.17) is 9.47 Å². The molecule has 0 unspecified atom stereocenters. The van der Waals surface area contributed by atoms with Crippen molar-refractivity contribution < 1.29 is 18.7 Å². The van der Waals surface area contributed by atoms with Gasteiger partial charge in [0.05, 0.1) is 22.3 Å². The van der Waals surface area contributed by atoms with Crippen molar-refractivity contribution in [1.29, 1.82) is 0 Å². The van der Waals surface area contributed by atoms with Crippen molar-refractivity contribution in [3.8, 4) is 17.2 Å². The maximum atomic E-state index is 14.5. The zero-order valence-corrected chi connectivity index (χ0v) is 17.4. The van der Waals surface area contributed by atoms with Crippen LogP contribution in [0.25, 0.3) is 16.6 Å². The molecule has 1 N–H and O–H groups in total. The molecule has 0 radical (unpaired) electrons. The van der Waals surface area contributed by atoms with Gasteiger partial charge in [-0.05, 0) is 36.4 Å². The van der Waals surface area contributed by atoms with Crippen LogP contribution in [0.1, 0.15) is 0 Å². The first-order valence-corrected chi connectivity index (χ1v) is 10.7. The molecule has 0 bridgehead atoms. The number of carbonyl (C=O) groups is 1. The summed E-state index contributed by atoms with van der Waals surface area (Å²) in [5, 5.41) is 3.37. The van der Waals surface area contributed by atoms with E-state index in [-0.39, 0.29) is 29.3 Å². The van der Waals surface area contributed by atoms with E-state index >= 15 is 0 Å². The van der Waals surface area contributed by atoms with Crippen LogP contribution in [0.5, 0.6) is 11.5 Å². The molecule has 1 amide bonds. The van der Waals surface area contributed by atoms with E-state index in [1.54, 1.807) is 54.6 Å². The van der Waals surface area contributed by atoms with Crippen LogP contribution in [0.2, 0.25) is 0 Å². The second-order valence-electron chi connectivity index (χ2n) is 6.91. The number of ether oxygens (including phenoxy) is 2. The van der Waals surface area contributed by atoms with Gasteiger partial charge in [-0.2, -0.15) is 0 Å². The van der Waals surface area contributed by atoms with Crippen LogP contribution in [-0.4, -0.2) is 28.0 Å². The number of anilines is 1. The molecule has 0 atom stereocenters. The van der Waals surface area contributed by atoms with Crippen molar-refractivity contribution in [1.82, 2.24) is 9.55 Å². The van der Waals surface area contributed by atoms with Gasteiger partial charge in [0.1, 0.15) is 5.82 Å². The summed E-state index contributed by atoms with van der Waals surface area (Å²) in [6, 6.07) is 17.9. The number of hydrogen-bond acceptors (Lipinski definition) is 6. The van der Waals surface area contributed by atoms with E-state index in [0.29, 0.717) is 28.1 Å². The molecule has 7 nitrogen and oxygen atoms in total. The number of fused-ring (bicyclic) bond motifs is 2. The molecule has 0 saturated carbocycles. The topological polar surface area (TPSA) is 82.5 Å². The molecular formula is C23H16FN3O4S. The summed E-state index contributed by atoms with van der Waals surface area (Å²) in [6.07, 6.45) is 0. The lowest BCUT2D eigenvalue weighted by atomic mass is 10.2. The van der Waals surface area contributed by atoms with Gasteiger partial charge >= 0.3 is 0 Å². The third-order valence-electron chi connectivity index (χ3n) is 4.83. The Morgan fingerprint density at radius 3 is 2.72 bits per heavy atom. The van der Waals surface area contributed by atoms with E-state index in [1.165, 1.54) is 16.7 Å². The minimum absolute atomic E-state index is 0.0341. The Morgan fingerprint density at radius 2 is 1.84 bits per heavy atom. The Morgan fingerprint density at radius 1 is 1.06 bits per heavy atom. The molecule has 9 heteroatoms. The number of amides is 1. The first kappa shape index (κ1) is 20.1. The highest BCUT2D eigenvalue weighted by Crippen LogP contribution is 2.34. The lowest BCUT2D eigenvalue weighted by molar-refractivity contribution is -0.113. The zero-order valence-electron chi connectivity index (χ0n) is 16.6. The van der Waals surface area contributed by atoms with Crippen molar-refractivity contribution >= 4 is 34.3 Å². The summed E-state index contributed by atoms with van der Waals surface area (Å²) < 4.78 is 26.3. The number of carbonyl (C=O) groups excluding carboxylic acids is 1. The number of aromatic nitrogens is 2. The SMILES string of the molecule is O=C(CSc1nc2ccccc2c(=O)n1-c1ccccc1F)Nc1ccc2c(c1)OCO2. The Bertz CT molecular complexity index is 1410. The minimum atomic E-state index is -0.557. The molecule has 4 aromatic rings. The van der Waals surface area contributed by atoms with Crippen LogP contribution in [0, 0.1) is 5.82 Å². The Labute approximate surface area is 185 Å². The molecule has 1 aliphatic rings. The summed E-state index contributed by atoms with van der Waals surface area (Å²) in [7, 11) is 0. The first-order valence-electron chi connectivity index (χ1n) is 9.69. The summed E-state index contributed by atoms with van der Waals surface area (Å²) in [5.41, 5.74) is 0.704. The van der Waals surface area contributed by atoms with Crippen LogP contribution in [0.15, 0.2) is 76.7 Å². The molecule has 32 heavy (non-hydrogen) atoms. The van der Waals surface area contributed by atoms with Crippen molar-refractivity contribution in [2.24, 2.45) is 0 Å². The Balaban J connectivity index is 1.44. The van der Waals surface area contributed by atoms with Crippen LogP contribution < -0.4 is 20.3 Å².